The molecule has 0 aliphatic carbocycles. The van der Waals surface area contributed by atoms with Crippen LogP contribution in [0.5, 0.6) is 5.75 Å². The number of carbonyl (C=O) groups is 2. The fraction of sp³-hybridized carbons (Fsp3) is 0.467. The fourth-order valence-electron chi connectivity index (χ4n) is 2.45. The average molecular weight is 307 g/mol. The lowest BCUT2D eigenvalue weighted by atomic mass is 10.2. The molecule has 1 fully saturated rings. The summed E-state index contributed by atoms with van der Waals surface area (Å²) in [5, 5.41) is 2.16. The maximum atomic E-state index is 11.6. The molecule has 22 heavy (non-hydrogen) atoms. The van der Waals surface area contributed by atoms with Gasteiger partial charge in [0.05, 0.1) is 26.5 Å². The third-order valence-corrected chi connectivity index (χ3v) is 3.59. The van der Waals surface area contributed by atoms with Gasteiger partial charge in [-0.15, -0.1) is 0 Å². The molecule has 0 bridgehead atoms. The predicted molar refractivity (Wildman–Crippen MR) is 82.2 cm³/mol. The Morgan fingerprint density at radius 3 is 2.45 bits per heavy atom. The SMILES string of the molecule is COC(=O)NC(=O)CN1CCN(c2ccccc2OC)CC1. The molecule has 1 aliphatic rings. The molecule has 1 saturated heterocycles. The van der Waals surface area contributed by atoms with Crippen LogP contribution in [0, 0.1) is 0 Å². The molecule has 7 heteroatoms. The second-order valence-electron chi connectivity index (χ2n) is 4.97. The summed E-state index contributed by atoms with van der Waals surface area (Å²) in [6, 6.07) is 7.88. The summed E-state index contributed by atoms with van der Waals surface area (Å²) >= 11 is 0. The highest BCUT2D eigenvalue weighted by Crippen LogP contribution is 2.28. The van der Waals surface area contributed by atoms with E-state index < -0.39 is 6.09 Å². The molecule has 2 amide bonds. The Morgan fingerprint density at radius 2 is 1.82 bits per heavy atom. The number of methoxy groups -OCH3 is 2. The third-order valence-electron chi connectivity index (χ3n) is 3.59. The zero-order valence-corrected chi connectivity index (χ0v) is 12.9. The van der Waals surface area contributed by atoms with Gasteiger partial charge in [0, 0.05) is 26.2 Å². The van der Waals surface area contributed by atoms with E-state index in [4.69, 9.17) is 4.74 Å². The third kappa shape index (κ3) is 4.11. The molecule has 1 aromatic rings. The lowest BCUT2D eigenvalue weighted by Gasteiger charge is -2.36. The first-order valence-corrected chi connectivity index (χ1v) is 7.12. The lowest BCUT2D eigenvalue weighted by molar-refractivity contribution is -0.121. The molecule has 0 aromatic heterocycles. The minimum atomic E-state index is -0.724. The van der Waals surface area contributed by atoms with E-state index in [1.165, 1.54) is 7.11 Å². The molecule has 0 spiro atoms. The van der Waals surface area contributed by atoms with Gasteiger partial charge >= 0.3 is 6.09 Å². The number of piperazine rings is 1. The van der Waals surface area contributed by atoms with Gasteiger partial charge in [-0.1, -0.05) is 12.1 Å². The van der Waals surface area contributed by atoms with Crippen molar-refractivity contribution in [2.45, 2.75) is 0 Å². The van der Waals surface area contributed by atoms with Crippen LogP contribution >= 0.6 is 0 Å². The topological polar surface area (TPSA) is 71.1 Å². The van der Waals surface area contributed by atoms with Crippen molar-refractivity contribution in [3.63, 3.8) is 0 Å². The van der Waals surface area contributed by atoms with E-state index in [9.17, 15) is 9.59 Å². The Balaban J connectivity index is 1.85. The number of nitrogens with one attached hydrogen (secondary N) is 1. The molecule has 1 aliphatic heterocycles. The molecule has 120 valence electrons. The van der Waals surface area contributed by atoms with Gasteiger partial charge in [0.2, 0.25) is 5.91 Å². The Labute approximate surface area is 129 Å². The number of nitrogens with zero attached hydrogens (tertiary/aromatic N) is 2. The maximum Gasteiger partial charge on any atom is 0.413 e. The van der Waals surface area contributed by atoms with Crippen molar-refractivity contribution in [1.29, 1.82) is 0 Å². The first kappa shape index (κ1) is 16.1. The fourth-order valence-corrected chi connectivity index (χ4v) is 2.45. The number of benzene rings is 1. The van der Waals surface area contributed by atoms with E-state index in [0.717, 1.165) is 37.6 Å². The van der Waals surface area contributed by atoms with Crippen LogP contribution in [-0.4, -0.2) is 63.8 Å². The van der Waals surface area contributed by atoms with Crippen LogP contribution < -0.4 is 15.0 Å². The second-order valence-corrected chi connectivity index (χ2v) is 4.97. The molecule has 0 saturated carbocycles. The van der Waals surface area contributed by atoms with E-state index >= 15 is 0 Å². The van der Waals surface area contributed by atoms with Gasteiger partial charge < -0.3 is 14.4 Å². The summed E-state index contributed by atoms with van der Waals surface area (Å²) in [7, 11) is 2.89. The van der Waals surface area contributed by atoms with E-state index in [1.807, 2.05) is 29.2 Å². The van der Waals surface area contributed by atoms with Gasteiger partial charge in [-0.2, -0.15) is 0 Å². The predicted octanol–water partition coefficient (Wildman–Crippen LogP) is 0.700. The number of rotatable bonds is 4. The van der Waals surface area contributed by atoms with Gasteiger partial charge in [0.1, 0.15) is 5.75 Å². The lowest BCUT2D eigenvalue weighted by Crippen LogP contribution is -2.50. The molecular formula is C15H21N3O4. The van der Waals surface area contributed by atoms with Gasteiger partial charge in [-0.25, -0.2) is 4.79 Å². The number of hydrogen-bond donors (Lipinski definition) is 1. The molecule has 0 unspecified atom stereocenters. The number of para-hydroxylation sites is 2. The number of carbonyl (C=O) groups excluding carboxylic acids is 2. The molecule has 1 aromatic carbocycles. The Bertz CT molecular complexity index is 527. The smallest absolute Gasteiger partial charge is 0.413 e. The normalized spacial score (nSPS) is 15.3. The van der Waals surface area contributed by atoms with Crippen LogP contribution in [0.25, 0.3) is 0 Å². The minimum Gasteiger partial charge on any atom is -0.495 e. The summed E-state index contributed by atoms with van der Waals surface area (Å²) < 4.78 is 9.77. The van der Waals surface area contributed by atoms with Crippen LogP contribution in [0.3, 0.4) is 0 Å². The Morgan fingerprint density at radius 1 is 1.14 bits per heavy atom. The number of alkyl carbamates (subject to hydrolysis) is 1. The standard InChI is InChI=1S/C15H21N3O4/c1-21-13-6-4-3-5-12(13)18-9-7-17(8-10-18)11-14(19)16-15(20)22-2/h3-6H,7-11H2,1-2H3,(H,16,19,20). The molecular weight excluding hydrogens is 286 g/mol. The summed E-state index contributed by atoms with van der Waals surface area (Å²) in [6.45, 7) is 3.27. The monoisotopic (exact) mass is 307 g/mol. The van der Waals surface area contributed by atoms with Crippen molar-refractivity contribution < 1.29 is 19.1 Å². The van der Waals surface area contributed by atoms with Crippen molar-refractivity contribution in [2.75, 3.05) is 51.8 Å². The van der Waals surface area contributed by atoms with Crippen LogP contribution in [0.15, 0.2) is 24.3 Å². The maximum absolute atomic E-state index is 11.6. The van der Waals surface area contributed by atoms with Crippen LogP contribution in [-0.2, 0) is 9.53 Å². The van der Waals surface area contributed by atoms with E-state index in [2.05, 4.69) is 15.0 Å². The van der Waals surface area contributed by atoms with Crippen LogP contribution in [0.2, 0.25) is 0 Å². The van der Waals surface area contributed by atoms with Gasteiger partial charge in [0.25, 0.3) is 0 Å². The second kappa shape index (κ2) is 7.65. The molecule has 0 atom stereocenters. The van der Waals surface area contributed by atoms with E-state index in [-0.39, 0.29) is 12.5 Å². The summed E-state index contributed by atoms with van der Waals surface area (Å²) in [5.41, 5.74) is 1.06. The number of anilines is 1. The first-order chi connectivity index (χ1) is 10.6. The van der Waals surface area contributed by atoms with Crippen molar-refractivity contribution >= 4 is 17.7 Å². The van der Waals surface area contributed by atoms with Crippen LogP contribution in [0.1, 0.15) is 0 Å². The quantitative estimate of drug-likeness (QED) is 0.883. The molecule has 0 radical (unpaired) electrons. The minimum absolute atomic E-state index is 0.189. The number of amides is 2. The molecule has 1 N–H and O–H groups in total. The number of hydrogen-bond acceptors (Lipinski definition) is 6. The van der Waals surface area contributed by atoms with Crippen molar-refractivity contribution in [1.82, 2.24) is 10.2 Å². The van der Waals surface area contributed by atoms with Gasteiger partial charge in [-0.3, -0.25) is 15.0 Å². The Kier molecular flexibility index (Phi) is 5.60. The molecule has 7 nitrogen and oxygen atoms in total. The van der Waals surface area contributed by atoms with Gasteiger partial charge in [-0.05, 0) is 12.1 Å². The van der Waals surface area contributed by atoms with E-state index in [1.54, 1.807) is 7.11 Å². The van der Waals surface area contributed by atoms with Crippen molar-refractivity contribution in [3.8, 4) is 5.75 Å². The van der Waals surface area contributed by atoms with Crippen molar-refractivity contribution in [3.05, 3.63) is 24.3 Å². The van der Waals surface area contributed by atoms with Crippen LogP contribution in [0.4, 0.5) is 10.5 Å². The molecule has 2 rings (SSSR count). The summed E-state index contributed by atoms with van der Waals surface area (Å²) in [4.78, 5) is 26.9. The average Bonchev–Trinajstić information content (AvgIpc) is 2.55. The van der Waals surface area contributed by atoms with Crippen molar-refractivity contribution in [2.24, 2.45) is 0 Å². The zero-order chi connectivity index (χ0) is 15.9. The highest BCUT2D eigenvalue weighted by Gasteiger charge is 2.21. The van der Waals surface area contributed by atoms with E-state index in [0.29, 0.717) is 0 Å². The number of ether oxygens (including phenoxy) is 2. The van der Waals surface area contributed by atoms with Gasteiger partial charge in [0.15, 0.2) is 0 Å². The summed E-state index contributed by atoms with van der Waals surface area (Å²) in [5.74, 6) is 0.497. The summed E-state index contributed by atoms with van der Waals surface area (Å²) in [6.07, 6.45) is -0.724. The largest absolute Gasteiger partial charge is 0.495 e. The number of imide groups is 1. The molecule has 1 heterocycles. The first-order valence-electron chi connectivity index (χ1n) is 7.12. The zero-order valence-electron chi connectivity index (χ0n) is 12.9. The Hall–Kier alpha value is -2.28. The highest BCUT2D eigenvalue weighted by molar-refractivity contribution is 5.92. The highest BCUT2D eigenvalue weighted by atomic mass is 16.5.